The molecule has 3 aromatic heterocycles. The molecule has 10 nitrogen and oxygen atoms in total. The van der Waals surface area contributed by atoms with Crippen molar-refractivity contribution >= 4 is 38.2 Å². The van der Waals surface area contributed by atoms with E-state index >= 15 is 0 Å². The fourth-order valence-corrected chi connectivity index (χ4v) is 4.63. The third kappa shape index (κ3) is 4.89. The number of fused-ring (bicyclic) bond motifs is 1. The largest absolute Gasteiger partial charge is 0.439 e. The molecule has 2 aromatic carbocycles. The van der Waals surface area contributed by atoms with E-state index < -0.39 is 10.0 Å². The molecular weight excluding hydrogens is 492 g/mol. The van der Waals surface area contributed by atoms with E-state index in [1.807, 2.05) is 37.3 Å². The molecule has 3 heterocycles. The summed E-state index contributed by atoms with van der Waals surface area (Å²) in [6.07, 6.45) is 4.09. The van der Waals surface area contributed by atoms with Crippen LogP contribution in [-0.2, 0) is 10.0 Å². The van der Waals surface area contributed by atoms with Crippen molar-refractivity contribution < 1.29 is 17.9 Å². The van der Waals surface area contributed by atoms with E-state index in [9.17, 15) is 13.2 Å². The van der Waals surface area contributed by atoms with E-state index in [-0.39, 0.29) is 17.2 Å². The average molecular weight is 517 g/mol. The van der Waals surface area contributed by atoms with Gasteiger partial charge >= 0.3 is 0 Å². The third-order valence-corrected chi connectivity index (χ3v) is 6.40. The van der Waals surface area contributed by atoms with E-state index in [2.05, 4.69) is 19.8 Å². The van der Waals surface area contributed by atoms with E-state index in [0.717, 1.165) is 22.8 Å². The van der Waals surface area contributed by atoms with Gasteiger partial charge in [0.05, 0.1) is 41.3 Å². The van der Waals surface area contributed by atoms with Crippen LogP contribution in [0.1, 0.15) is 27.2 Å². The first kappa shape index (κ1) is 24.1. The molecule has 0 fully saturated rings. The summed E-state index contributed by atoms with van der Waals surface area (Å²) in [6, 6.07) is 16.3. The lowest BCUT2D eigenvalue weighted by atomic mass is 10.1. The maximum atomic E-state index is 13.3. The Bertz CT molecular complexity index is 1760. The summed E-state index contributed by atoms with van der Waals surface area (Å²) in [6.45, 7) is 3.66. The molecule has 0 aliphatic rings. The van der Waals surface area contributed by atoms with Crippen LogP contribution in [0.4, 0.5) is 11.5 Å². The van der Waals surface area contributed by atoms with Gasteiger partial charge < -0.3 is 15.5 Å². The number of ether oxygens (including phenoxy) is 1. The number of pyridine rings is 1. The number of aromatic nitrogens is 4. The number of carbonyl (C=O) groups is 1. The van der Waals surface area contributed by atoms with Gasteiger partial charge in [-0.25, -0.2) is 18.1 Å². The van der Waals surface area contributed by atoms with Crippen LogP contribution in [0.5, 0.6) is 11.6 Å². The molecule has 188 valence electrons. The lowest BCUT2D eigenvalue weighted by Crippen LogP contribution is -2.10. The molecule has 0 bridgehead atoms. The Hall–Kier alpha value is -4.64. The van der Waals surface area contributed by atoms with E-state index in [0.29, 0.717) is 34.2 Å². The molecule has 0 saturated carbocycles. The summed E-state index contributed by atoms with van der Waals surface area (Å²) in [5.74, 6) is 0.916. The van der Waals surface area contributed by atoms with Crippen LogP contribution in [0.25, 0.3) is 16.6 Å². The second kappa shape index (κ2) is 9.10. The van der Waals surface area contributed by atoms with Gasteiger partial charge in [0.1, 0.15) is 11.6 Å². The Morgan fingerprint density at radius 3 is 2.51 bits per heavy atom. The summed E-state index contributed by atoms with van der Waals surface area (Å²) in [4.78, 5) is 20.7. The number of benzene rings is 2. The zero-order valence-electron chi connectivity index (χ0n) is 20.3. The van der Waals surface area contributed by atoms with Gasteiger partial charge in [0.15, 0.2) is 0 Å². The highest BCUT2D eigenvalue weighted by Crippen LogP contribution is 2.28. The van der Waals surface area contributed by atoms with Crippen molar-refractivity contribution in [3.05, 3.63) is 89.4 Å². The maximum Gasteiger partial charge on any atom is 0.229 e. The number of H-pyrrole nitrogens is 1. The number of nitrogens with two attached hydrogens (primary N) is 1. The smallest absolute Gasteiger partial charge is 0.229 e. The number of anilines is 2. The average Bonchev–Trinajstić information content (AvgIpc) is 3.42. The minimum absolute atomic E-state index is 0.167. The van der Waals surface area contributed by atoms with Crippen molar-refractivity contribution in [2.45, 2.75) is 13.8 Å². The monoisotopic (exact) mass is 516 g/mol. The van der Waals surface area contributed by atoms with Crippen molar-refractivity contribution in [3.8, 4) is 17.3 Å². The molecule has 4 N–H and O–H groups in total. The number of hydrogen-bond donors (Lipinski definition) is 3. The Balaban J connectivity index is 1.43. The summed E-state index contributed by atoms with van der Waals surface area (Å²) < 4.78 is 33.0. The molecule has 0 saturated heterocycles. The molecule has 0 spiro atoms. The van der Waals surface area contributed by atoms with Crippen molar-refractivity contribution in [2.24, 2.45) is 0 Å². The van der Waals surface area contributed by atoms with Crippen LogP contribution in [0, 0.1) is 13.8 Å². The Morgan fingerprint density at radius 1 is 1.05 bits per heavy atom. The van der Waals surface area contributed by atoms with Gasteiger partial charge in [0, 0.05) is 17.0 Å². The Kier molecular flexibility index (Phi) is 5.92. The normalized spacial score (nSPS) is 11.5. The van der Waals surface area contributed by atoms with Crippen LogP contribution < -0.4 is 15.2 Å². The minimum atomic E-state index is -3.44. The van der Waals surface area contributed by atoms with E-state index in [4.69, 9.17) is 10.5 Å². The maximum absolute atomic E-state index is 13.3. The first-order chi connectivity index (χ1) is 17.6. The lowest BCUT2D eigenvalue weighted by Gasteiger charge is -2.10. The van der Waals surface area contributed by atoms with Crippen molar-refractivity contribution in [1.29, 1.82) is 0 Å². The van der Waals surface area contributed by atoms with Crippen molar-refractivity contribution in [2.75, 3.05) is 16.7 Å². The molecule has 0 atom stereocenters. The number of ketones is 1. The van der Waals surface area contributed by atoms with Crippen LogP contribution in [0.2, 0.25) is 0 Å². The molecule has 37 heavy (non-hydrogen) atoms. The highest BCUT2D eigenvalue weighted by Gasteiger charge is 2.21. The topological polar surface area (TPSA) is 145 Å². The van der Waals surface area contributed by atoms with Gasteiger partial charge in [-0.3, -0.25) is 9.52 Å². The number of hydrogen-bond acceptors (Lipinski definition) is 7. The first-order valence-electron chi connectivity index (χ1n) is 11.3. The summed E-state index contributed by atoms with van der Waals surface area (Å²) in [5.41, 5.74) is 10.1. The second-order valence-electron chi connectivity index (χ2n) is 8.72. The quantitative estimate of drug-likeness (QED) is 0.273. The molecule has 5 rings (SSSR count). The summed E-state index contributed by atoms with van der Waals surface area (Å²) in [5, 5.41) is 5.09. The summed E-state index contributed by atoms with van der Waals surface area (Å²) >= 11 is 0. The Labute approximate surface area is 213 Å². The van der Waals surface area contributed by atoms with E-state index in [1.165, 1.54) is 10.9 Å². The third-order valence-electron chi connectivity index (χ3n) is 5.81. The van der Waals surface area contributed by atoms with Gasteiger partial charge in [0.2, 0.25) is 21.7 Å². The van der Waals surface area contributed by atoms with Gasteiger partial charge in [-0.1, -0.05) is 18.2 Å². The Morgan fingerprint density at radius 2 is 1.81 bits per heavy atom. The van der Waals surface area contributed by atoms with Gasteiger partial charge in [-0.15, -0.1) is 0 Å². The predicted octanol–water partition coefficient (Wildman–Crippen LogP) is 4.34. The first-order valence-corrected chi connectivity index (χ1v) is 13.2. The summed E-state index contributed by atoms with van der Waals surface area (Å²) in [7, 11) is -3.44. The van der Waals surface area contributed by atoms with E-state index in [1.54, 1.807) is 37.4 Å². The highest BCUT2D eigenvalue weighted by atomic mass is 32.2. The number of nitrogens with one attached hydrogen (secondary N) is 2. The number of carbonyl (C=O) groups excluding carboxylic acids is 1. The van der Waals surface area contributed by atoms with Crippen LogP contribution >= 0.6 is 0 Å². The number of nitrogens with zero attached hydrogens (tertiary/aromatic N) is 3. The molecule has 5 aromatic rings. The SMILES string of the molecule is Cc1cc2cc(C(=O)c3cnn(-c4cnc(Oc5ccccc5)cc4C)c3N)[nH]c2cc1NS(C)(=O)=O. The highest BCUT2D eigenvalue weighted by molar-refractivity contribution is 7.92. The molecule has 0 radical (unpaired) electrons. The predicted molar refractivity (Wildman–Crippen MR) is 142 cm³/mol. The number of nitrogen functional groups attached to an aromatic ring is 1. The standard InChI is InChI=1S/C26H24N6O4S/c1-15-9-17-11-22(30-21(17)12-20(15)31-37(3,34)35)25(33)19-13-29-32(26(19)27)23-14-28-24(10-16(23)2)36-18-7-5-4-6-8-18/h4-14,30-31H,27H2,1-3H3. The number of aromatic amines is 1. The molecule has 0 unspecified atom stereocenters. The van der Waals surface area contributed by atoms with Crippen LogP contribution in [-0.4, -0.2) is 40.2 Å². The molecule has 0 aliphatic carbocycles. The van der Waals surface area contributed by atoms with Crippen LogP contribution in [0.15, 0.2) is 67.0 Å². The van der Waals surface area contributed by atoms with Gasteiger partial charge in [-0.05, 0) is 55.3 Å². The molecule has 0 amide bonds. The molecule has 0 aliphatic heterocycles. The number of aryl methyl sites for hydroxylation is 2. The zero-order chi connectivity index (χ0) is 26.3. The van der Waals surface area contributed by atoms with Gasteiger partial charge in [0.25, 0.3) is 0 Å². The second-order valence-corrected chi connectivity index (χ2v) is 10.5. The van der Waals surface area contributed by atoms with Crippen molar-refractivity contribution in [1.82, 2.24) is 19.7 Å². The molecule has 11 heteroatoms. The van der Waals surface area contributed by atoms with Crippen molar-refractivity contribution in [3.63, 3.8) is 0 Å². The zero-order valence-corrected chi connectivity index (χ0v) is 21.1. The fourth-order valence-electron chi connectivity index (χ4n) is 4.01. The minimum Gasteiger partial charge on any atom is -0.439 e. The number of sulfonamides is 1. The number of para-hydroxylation sites is 1. The fraction of sp³-hybridized carbons (Fsp3) is 0.115. The van der Waals surface area contributed by atoms with Gasteiger partial charge in [-0.2, -0.15) is 5.10 Å². The van der Waals surface area contributed by atoms with Crippen LogP contribution in [0.3, 0.4) is 0 Å². The molecular formula is C26H24N6O4S. The lowest BCUT2D eigenvalue weighted by molar-refractivity contribution is 0.103. The number of rotatable bonds is 7.